The van der Waals surface area contributed by atoms with Crippen molar-refractivity contribution < 1.29 is 23.8 Å². The molecule has 0 heterocycles. The van der Waals surface area contributed by atoms with Gasteiger partial charge >= 0.3 is 113 Å². The van der Waals surface area contributed by atoms with Crippen molar-refractivity contribution in [3.8, 4) is 24.7 Å². The average Bonchev–Trinajstić information content (AvgIpc) is 2.43. The summed E-state index contributed by atoms with van der Waals surface area (Å²) in [5.41, 5.74) is 0. The van der Waals surface area contributed by atoms with Gasteiger partial charge in [0, 0.05) is 0 Å². The van der Waals surface area contributed by atoms with Crippen LogP contribution in [-0.2, 0) is 23.8 Å². The summed E-state index contributed by atoms with van der Waals surface area (Å²) in [6.45, 7) is 1.82. The van der Waals surface area contributed by atoms with Crippen molar-refractivity contribution in [3.63, 3.8) is 0 Å². The Labute approximate surface area is 114 Å². The van der Waals surface area contributed by atoms with E-state index in [1.807, 2.05) is 18.8 Å². The fourth-order valence-electron chi connectivity index (χ4n) is 1.40. The molecule has 0 saturated heterocycles. The van der Waals surface area contributed by atoms with Crippen LogP contribution < -0.4 is 0 Å². The first-order chi connectivity index (χ1) is 9.03. The third kappa shape index (κ3) is 6.94. The second-order valence-electron chi connectivity index (χ2n) is 4.07. The fourth-order valence-corrected chi connectivity index (χ4v) is 3.85. The van der Waals surface area contributed by atoms with Crippen molar-refractivity contribution in [2.75, 3.05) is 38.9 Å². The van der Waals surface area contributed by atoms with Crippen LogP contribution in [0.1, 0.15) is 6.92 Å². The molecule has 0 rings (SSSR count). The second kappa shape index (κ2) is 9.53. The number of esters is 1. The summed E-state index contributed by atoms with van der Waals surface area (Å²) >= 11 is 0. The zero-order valence-corrected chi connectivity index (χ0v) is 12.2. The quantitative estimate of drug-likeness (QED) is 0.205. The van der Waals surface area contributed by atoms with E-state index < -0.39 is 19.0 Å². The predicted molar refractivity (Wildman–Crippen MR) is 75.2 cm³/mol. The number of carbonyl (C=O) groups excluding carboxylic acids is 2. The van der Waals surface area contributed by atoms with Gasteiger partial charge in [-0.15, -0.1) is 0 Å². The van der Waals surface area contributed by atoms with Crippen LogP contribution in [-0.4, -0.2) is 50.7 Å². The van der Waals surface area contributed by atoms with Crippen LogP contribution in [0, 0.1) is 24.7 Å². The van der Waals surface area contributed by atoms with Gasteiger partial charge in [-0.25, -0.2) is 0 Å². The van der Waals surface area contributed by atoms with Crippen molar-refractivity contribution in [2.24, 2.45) is 0 Å². The molecule has 5 nitrogen and oxygen atoms in total. The van der Waals surface area contributed by atoms with Gasteiger partial charge in [-0.05, 0) is 0 Å². The van der Waals surface area contributed by atoms with Crippen molar-refractivity contribution >= 4 is 19.0 Å². The zero-order chi connectivity index (χ0) is 14.7. The molecule has 0 aliphatic heterocycles. The van der Waals surface area contributed by atoms with Crippen LogP contribution in [0.25, 0.3) is 0 Å². The Morgan fingerprint density at radius 1 is 1.16 bits per heavy atom. The summed E-state index contributed by atoms with van der Waals surface area (Å²) in [7, 11) is -0.569. The molecule has 0 aliphatic rings. The number of ketones is 1. The van der Waals surface area contributed by atoms with E-state index in [0.717, 1.165) is 6.16 Å². The molecule has 0 bridgehead atoms. The monoisotopic (exact) mass is 286 g/mol. The van der Waals surface area contributed by atoms with Crippen molar-refractivity contribution in [1.82, 2.24) is 0 Å². The maximum atomic E-state index is 11.0. The predicted octanol–water partition coefficient (Wildman–Crippen LogP) is 0.670. The first-order valence-electron chi connectivity index (χ1n) is 5.73. The van der Waals surface area contributed by atoms with E-state index in [2.05, 4.69) is 0 Å². The molecule has 0 aliphatic carbocycles. The third-order valence-electron chi connectivity index (χ3n) is 2.63. The molecule has 0 amide bonds. The topological polar surface area (TPSA) is 61.8 Å². The van der Waals surface area contributed by atoms with Gasteiger partial charge in [-0.1, -0.05) is 0 Å². The van der Waals surface area contributed by atoms with E-state index in [0.29, 0.717) is 12.7 Å². The number of Topliss-reactive ketones (excluding diaryl/α,β-unsaturated/α-hetero) is 1. The van der Waals surface area contributed by atoms with E-state index in [9.17, 15) is 9.59 Å². The standard InChI is InChI=1S/C13H19O5P/c1-5-12(14)8-17-10-19(7-3,9-16-4)11-18-13(15)6-2/h1-2,19H,7-11H2,3-4H3. The Balaban J connectivity index is 4.50. The maximum absolute atomic E-state index is 11.0. The summed E-state index contributed by atoms with van der Waals surface area (Å²) in [5.74, 6) is 2.73. The molecule has 0 radical (unpaired) electrons. The molecule has 0 aromatic carbocycles. The first kappa shape index (κ1) is 17.6. The second-order valence-corrected chi connectivity index (χ2v) is 8.64. The van der Waals surface area contributed by atoms with E-state index in [4.69, 9.17) is 27.1 Å². The number of carbonyl (C=O) groups is 2. The number of methoxy groups -OCH3 is 1. The molecule has 0 spiro atoms. The molecule has 0 saturated carbocycles. The number of ether oxygens (including phenoxy) is 3. The van der Waals surface area contributed by atoms with Crippen molar-refractivity contribution in [3.05, 3.63) is 0 Å². The molecule has 0 aromatic rings. The van der Waals surface area contributed by atoms with Gasteiger partial charge in [0.1, 0.15) is 0 Å². The number of hydrogen-bond acceptors (Lipinski definition) is 5. The average molecular weight is 286 g/mol. The molecule has 6 heteroatoms. The molecule has 0 fully saturated rings. The van der Waals surface area contributed by atoms with Crippen molar-refractivity contribution in [1.29, 1.82) is 0 Å². The molecule has 0 N–H and O–H groups in total. The van der Waals surface area contributed by atoms with Gasteiger partial charge in [-0.3, -0.25) is 0 Å². The SMILES string of the molecule is C#CC(=O)COC[PH](CC)(COC)COC(=O)C#C. The van der Waals surface area contributed by atoms with Gasteiger partial charge in [0.25, 0.3) is 0 Å². The molecular formula is C13H19O5P. The van der Waals surface area contributed by atoms with Crippen LogP contribution in [0.15, 0.2) is 0 Å². The number of hydrogen-bond donors (Lipinski definition) is 0. The summed E-state index contributed by atoms with van der Waals surface area (Å²) in [6, 6.07) is 0. The van der Waals surface area contributed by atoms with Crippen LogP contribution in [0.3, 0.4) is 0 Å². The van der Waals surface area contributed by atoms with Crippen molar-refractivity contribution in [2.45, 2.75) is 6.92 Å². The normalized spacial score (nSPS) is 11.2. The number of rotatable bonds is 9. The minimum atomic E-state index is -2.13. The summed E-state index contributed by atoms with van der Waals surface area (Å²) in [5, 5.41) is 0. The summed E-state index contributed by atoms with van der Waals surface area (Å²) < 4.78 is 15.5. The van der Waals surface area contributed by atoms with E-state index in [1.165, 1.54) is 0 Å². The van der Waals surface area contributed by atoms with Gasteiger partial charge in [0.2, 0.25) is 0 Å². The fraction of sp³-hybridized carbons (Fsp3) is 0.538. The van der Waals surface area contributed by atoms with Gasteiger partial charge in [0.15, 0.2) is 0 Å². The Morgan fingerprint density at radius 2 is 1.84 bits per heavy atom. The molecule has 0 unspecified atom stereocenters. The Kier molecular flexibility index (Phi) is 8.83. The Bertz CT molecular complexity index is 393. The van der Waals surface area contributed by atoms with Crippen LogP contribution in [0.2, 0.25) is 0 Å². The van der Waals surface area contributed by atoms with Gasteiger partial charge in [0.05, 0.1) is 0 Å². The zero-order valence-electron chi connectivity index (χ0n) is 11.2. The van der Waals surface area contributed by atoms with Gasteiger partial charge < -0.3 is 0 Å². The van der Waals surface area contributed by atoms with E-state index in [-0.39, 0.29) is 13.0 Å². The van der Waals surface area contributed by atoms with E-state index >= 15 is 0 Å². The summed E-state index contributed by atoms with van der Waals surface area (Å²) in [6.07, 6.45) is 11.6. The van der Waals surface area contributed by atoms with Crippen LogP contribution >= 0.6 is 7.26 Å². The summed E-state index contributed by atoms with van der Waals surface area (Å²) in [4.78, 5) is 22.0. The third-order valence-corrected chi connectivity index (χ3v) is 6.60. The Hall–Kier alpha value is -1.39. The minimum absolute atomic E-state index is 0.141. The number of terminal acetylenes is 2. The molecule has 0 atom stereocenters. The van der Waals surface area contributed by atoms with Crippen LogP contribution in [0.4, 0.5) is 0 Å². The van der Waals surface area contributed by atoms with E-state index in [1.54, 1.807) is 7.11 Å². The molecular weight excluding hydrogens is 267 g/mol. The van der Waals surface area contributed by atoms with Crippen LogP contribution in [0.5, 0.6) is 0 Å². The molecule has 0 aromatic heterocycles. The first-order valence-corrected chi connectivity index (χ1v) is 8.56. The molecule has 19 heavy (non-hydrogen) atoms. The Morgan fingerprint density at radius 3 is 2.32 bits per heavy atom. The van der Waals surface area contributed by atoms with Gasteiger partial charge in [-0.2, -0.15) is 0 Å². The molecule has 106 valence electrons.